The first-order chi connectivity index (χ1) is 15.2. The molecule has 2 heterocycles. The summed E-state index contributed by atoms with van der Waals surface area (Å²) in [4.78, 5) is 18.1. The van der Waals surface area contributed by atoms with Gasteiger partial charge in [0.05, 0.1) is 5.56 Å². The van der Waals surface area contributed by atoms with E-state index in [1.165, 1.54) is 16.7 Å². The normalized spacial score (nSPS) is 16.5. The number of nitrogens with one attached hydrogen (secondary N) is 1. The summed E-state index contributed by atoms with van der Waals surface area (Å²) in [5.74, 6) is -0.145. The van der Waals surface area contributed by atoms with E-state index in [9.17, 15) is 4.79 Å². The van der Waals surface area contributed by atoms with E-state index in [1.54, 1.807) is 6.21 Å². The van der Waals surface area contributed by atoms with Crippen LogP contribution < -0.4 is 5.32 Å². The Labute approximate surface area is 187 Å². The topological polar surface area (TPSA) is 44.7 Å². The second kappa shape index (κ2) is 8.66. The molecule has 5 heteroatoms. The van der Waals surface area contributed by atoms with Crippen LogP contribution in [0.3, 0.4) is 0 Å². The molecule has 0 bridgehead atoms. The van der Waals surface area contributed by atoms with Crippen LogP contribution in [0.5, 0.6) is 0 Å². The zero-order valence-electron chi connectivity index (χ0n) is 17.2. The molecular weight excluding hydrogens is 406 g/mol. The van der Waals surface area contributed by atoms with Gasteiger partial charge in [-0.15, -0.1) is 0 Å². The quantitative estimate of drug-likeness (QED) is 0.569. The van der Waals surface area contributed by atoms with Crippen molar-refractivity contribution < 1.29 is 4.79 Å². The molecule has 2 aliphatic heterocycles. The SMILES string of the molecule is O=C1N=Cc2cc(NC3CCN(Cc4ccccc4-c4ccc(Cl)cc4)CC3)ccc21. The lowest BCUT2D eigenvalue weighted by molar-refractivity contribution is 0.101. The van der Waals surface area contributed by atoms with E-state index in [-0.39, 0.29) is 5.91 Å². The number of hydrogen-bond acceptors (Lipinski definition) is 3. The minimum Gasteiger partial charge on any atom is -0.382 e. The van der Waals surface area contributed by atoms with Gasteiger partial charge >= 0.3 is 0 Å². The van der Waals surface area contributed by atoms with Gasteiger partial charge in [-0.25, -0.2) is 4.99 Å². The van der Waals surface area contributed by atoms with Crippen molar-refractivity contribution >= 4 is 29.4 Å². The number of aliphatic imine (C=N–C) groups is 1. The van der Waals surface area contributed by atoms with Gasteiger partial charge in [-0.3, -0.25) is 9.69 Å². The van der Waals surface area contributed by atoms with Crippen LogP contribution in [0, 0.1) is 0 Å². The van der Waals surface area contributed by atoms with Gasteiger partial charge in [-0.05, 0) is 59.9 Å². The molecule has 1 amide bonds. The summed E-state index contributed by atoms with van der Waals surface area (Å²) in [6.45, 7) is 3.05. The Morgan fingerprint density at radius 1 is 0.968 bits per heavy atom. The molecule has 0 spiro atoms. The van der Waals surface area contributed by atoms with Crippen LogP contribution >= 0.6 is 11.6 Å². The molecule has 3 aromatic rings. The molecule has 4 nitrogen and oxygen atoms in total. The lowest BCUT2D eigenvalue weighted by Crippen LogP contribution is -2.38. The molecule has 0 radical (unpaired) electrons. The van der Waals surface area contributed by atoms with Crippen LogP contribution in [-0.2, 0) is 6.54 Å². The molecule has 156 valence electrons. The average molecular weight is 430 g/mol. The van der Waals surface area contributed by atoms with Gasteiger partial charge in [0.1, 0.15) is 0 Å². The summed E-state index contributed by atoms with van der Waals surface area (Å²) in [6.07, 6.45) is 3.84. The van der Waals surface area contributed by atoms with Crippen molar-refractivity contribution in [2.45, 2.75) is 25.4 Å². The monoisotopic (exact) mass is 429 g/mol. The highest BCUT2D eigenvalue weighted by Gasteiger charge is 2.21. The zero-order chi connectivity index (χ0) is 21.2. The number of halogens is 1. The van der Waals surface area contributed by atoms with Crippen molar-refractivity contribution in [1.82, 2.24) is 4.90 Å². The molecule has 0 atom stereocenters. The number of fused-ring (bicyclic) bond motifs is 1. The molecule has 0 aromatic heterocycles. The number of rotatable bonds is 5. The largest absolute Gasteiger partial charge is 0.382 e. The highest BCUT2D eigenvalue weighted by Crippen LogP contribution is 2.28. The van der Waals surface area contributed by atoms with Gasteiger partial charge in [-0.1, -0.05) is 48.0 Å². The predicted octanol–water partition coefficient (Wildman–Crippen LogP) is 5.66. The Balaban J connectivity index is 1.21. The fourth-order valence-corrected chi connectivity index (χ4v) is 4.56. The first-order valence-corrected chi connectivity index (χ1v) is 11.1. The number of hydrogen-bond donors (Lipinski definition) is 1. The van der Waals surface area contributed by atoms with E-state index in [0.717, 1.165) is 48.7 Å². The summed E-state index contributed by atoms with van der Waals surface area (Å²) in [7, 11) is 0. The number of anilines is 1. The molecule has 1 fully saturated rings. The van der Waals surface area contributed by atoms with Crippen LogP contribution in [0.25, 0.3) is 11.1 Å². The number of carbonyl (C=O) groups excluding carboxylic acids is 1. The summed E-state index contributed by atoms with van der Waals surface area (Å²) in [5, 5.41) is 4.40. The molecule has 5 rings (SSSR count). The number of nitrogens with zero attached hydrogens (tertiary/aromatic N) is 2. The van der Waals surface area contributed by atoms with Crippen molar-refractivity contribution in [2.75, 3.05) is 18.4 Å². The molecule has 1 saturated heterocycles. The van der Waals surface area contributed by atoms with Crippen molar-refractivity contribution in [3.63, 3.8) is 0 Å². The number of benzene rings is 3. The van der Waals surface area contributed by atoms with Crippen LogP contribution in [0.4, 0.5) is 5.69 Å². The third kappa shape index (κ3) is 4.41. The van der Waals surface area contributed by atoms with Crippen molar-refractivity contribution in [3.8, 4) is 11.1 Å². The standard InChI is InChI=1S/C26H24ClN3O/c27-21-7-5-18(6-8-21)24-4-2-1-3-19(24)17-30-13-11-22(12-14-30)29-23-9-10-25-20(15-23)16-28-26(25)31/h1-10,15-16,22,29H,11-14,17H2. The predicted molar refractivity (Wildman–Crippen MR) is 127 cm³/mol. The Morgan fingerprint density at radius 2 is 1.74 bits per heavy atom. The third-order valence-electron chi connectivity index (χ3n) is 6.13. The van der Waals surface area contributed by atoms with Crippen molar-refractivity contribution in [2.24, 2.45) is 4.99 Å². The first kappa shape index (κ1) is 20.0. The van der Waals surface area contributed by atoms with E-state index in [2.05, 4.69) is 51.6 Å². The Kier molecular flexibility index (Phi) is 5.58. The summed E-state index contributed by atoms with van der Waals surface area (Å²) >= 11 is 6.06. The molecule has 0 aliphatic carbocycles. The maximum Gasteiger partial charge on any atom is 0.277 e. The van der Waals surface area contributed by atoms with Gasteiger partial charge in [0.15, 0.2) is 0 Å². The van der Waals surface area contributed by atoms with Gasteiger partial charge in [0.25, 0.3) is 5.91 Å². The van der Waals surface area contributed by atoms with Gasteiger partial charge in [-0.2, -0.15) is 0 Å². The summed E-state index contributed by atoms with van der Waals surface area (Å²) < 4.78 is 0. The lowest BCUT2D eigenvalue weighted by Gasteiger charge is -2.33. The minimum atomic E-state index is -0.145. The average Bonchev–Trinajstić information content (AvgIpc) is 3.16. The van der Waals surface area contributed by atoms with Gasteiger partial charge < -0.3 is 5.32 Å². The van der Waals surface area contributed by atoms with E-state index >= 15 is 0 Å². The molecular formula is C26H24ClN3O. The van der Waals surface area contributed by atoms with Crippen LogP contribution in [-0.4, -0.2) is 36.2 Å². The fourth-order valence-electron chi connectivity index (χ4n) is 4.43. The molecule has 1 N–H and O–H groups in total. The van der Waals surface area contributed by atoms with Crippen LogP contribution in [0.15, 0.2) is 71.7 Å². The molecule has 31 heavy (non-hydrogen) atoms. The van der Waals surface area contributed by atoms with Crippen LogP contribution in [0.2, 0.25) is 5.02 Å². The summed E-state index contributed by atoms with van der Waals surface area (Å²) in [6, 6.07) is 23.0. The zero-order valence-corrected chi connectivity index (χ0v) is 18.0. The minimum absolute atomic E-state index is 0.145. The van der Waals surface area contributed by atoms with E-state index in [0.29, 0.717) is 11.6 Å². The molecule has 2 aliphatic rings. The van der Waals surface area contributed by atoms with E-state index in [1.807, 2.05) is 30.3 Å². The first-order valence-electron chi connectivity index (χ1n) is 10.7. The van der Waals surface area contributed by atoms with Crippen molar-refractivity contribution in [3.05, 3.63) is 88.4 Å². The second-order valence-electron chi connectivity index (χ2n) is 8.22. The van der Waals surface area contributed by atoms with E-state index in [4.69, 9.17) is 11.6 Å². The Bertz CT molecular complexity index is 1130. The van der Waals surface area contributed by atoms with E-state index < -0.39 is 0 Å². The van der Waals surface area contributed by atoms with Crippen LogP contribution in [0.1, 0.15) is 34.3 Å². The number of carbonyl (C=O) groups is 1. The maximum atomic E-state index is 11.7. The maximum absolute atomic E-state index is 11.7. The van der Waals surface area contributed by atoms with Gasteiger partial charge in [0.2, 0.25) is 0 Å². The van der Waals surface area contributed by atoms with Crippen molar-refractivity contribution in [1.29, 1.82) is 0 Å². The number of amides is 1. The Morgan fingerprint density at radius 3 is 2.55 bits per heavy atom. The fraction of sp³-hybridized carbons (Fsp3) is 0.231. The smallest absolute Gasteiger partial charge is 0.277 e. The highest BCUT2D eigenvalue weighted by atomic mass is 35.5. The lowest BCUT2D eigenvalue weighted by atomic mass is 9.98. The highest BCUT2D eigenvalue weighted by molar-refractivity contribution is 6.30. The number of piperidine rings is 1. The Hall–Kier alpha value is -2.95. The third-order valence-corrected chi connectivity index (χ3v) is 6.38. The molecule has 0 saturated carbocycles. The summed E-state index contributed by atoms with van der Waals surface area (Å²) in [5.41, 5.74) is 6.49. The molecule has 3 aromatic carbocycles. The number of likely N-dealkylation sites (tertiary alicyclic amines) is 1. The molecule has 0 unspecified atom stereocenters. The van der Waals surface area contributed by atoms with Gasteiger partial charge in [0, 0.05) is 48.2 Å². The second-order valence-corrected chi connectivity index (χ2v) is 8.66.